The number of nitrogens with two attached hydrogens (primary N) is 2. The standard InChI is InChI=1S/C11H13F2N3O2/c1-2-8(14)11(18)16-9-3-5(10(15)17)6(12)4-7(9)13/h3-4,8H,2,14H2,1H3,(H2,15,17)(H,16,18). The zero-order valence-corrected chi connectivity index (χ0v) is 9.67. The van der Waals surface area contributed by atoms with Crippen molar-refractivity contribution in [3.05, 3.63) is 29.3 Å². The molecule has 0 aliphatic carbocycles. The minimum Gasteiger partial charge on any atom is -0.366 e. The lowest BCUT2D eigenvalue weighted by Crippen LogP contribution is -2.35. The molecular formula is C11H13F2N3O2. The summed E-state index contributed by atoms with van der Waals surface area (Å²) in [5.74, 6) is -3.77. The zero-order valence-electron chi connectivity index (χ0n) is 9.67. The lowest BCUT2D eigenvalue weighted by Gasteiger charge is -2.11. The van der Waals surface area contributed by atoms with Crippen LogP contribution in [0.3, 0.4) is 0 Å². The Kier molecular flexibility index (Phi) is 4.33. The van der Waals surface area contributed by atoms with Gasteiger partial charge >= 0.3 is 0 Å². The molecule has 0 aliphatic rings. The SMILES string of the molecule is CCC(N)C(=O)Nc1cc(C(N)=O)c(F)cc1F. The summed E-state index contributed by atoms with van der Waals surface area (Å²) in [5.41, 5.74) is 9.52. The van der Waals surface area contributed by atoms with Crippen molar-refractivity contribution in [2.45, 2.75) is 19.4 Å². The van der Waals surface area contributed by atoms with Crippen LogP contribution in [0.4, 0.5) is 14.5 Å². The van der Waals surface area contributed by atoms with Gasteiger partial charge in [0.1, 0.15) is 11.6 Å². The molecule has 1 aromatic rings. The smallest absolute Gasteiger partial charge is 0.251 e. The Morgan fingerprint density at radius 3 is 2.44 bits per heavy atom. The Labute approximate surface area is 102 Å². The predicted molar refractivity (Wildman–Crippen MR) is 61.8 cm³/mol. The minimum atomic E-state index is -1.09. The van der Waals surface area contributed by atoms with Crippen LogP contribution in [0.5, 0.6) is 0 Å². The van der Waals surface area contributed by atoms with Crippen molar-refractivity contribution in [3.63, 3.8) is 0 Å². The van der Waals surface area contributed by atoms with Crippen LogP contribution in [0.15, 0.2) is 12.1 Å². The molecular weight excluding hydrogens is 244 g/mol. The van der Waals surface area contributed by atoms with Gasteiger partial charge in [0.2, 0.25) is 5.91 Å². The topological polar surface area (TPSA) is 98.2 Å². The fourth-order valence-electron chi connectivity index (χ4n) is 1.24. The lowest BCUT2D eigenvalue weighted by molar-refractivity contribution is -0.117. The second-order valence-corrected chi connectivity index (χ2v) is 3.68. The first-order valence-electron chi connectivity index (χ1n) is 5.22. The molecule has 0 bridgehead atoms. The number of halogens is 2. The Morgan fingerprint density at radius 1 is 1.33 bits per heavy atom. The van der Waals surface area contributed by atoms with Crippen LogP contribution in [-0.2, 0) is 4.79 Å². The van der Waals surface area contributed by atoms with Crippen LogP contribution in [0, 0.1) is 11.6 Å². The summed E-state index contributed by atoms with van der Waals surface area (Å²) in [6.07, 6.45) is 0.358. The van der Waals surface area contributed by atoms with Crippen molar-refractivity contribution < 1.29 is 18.4 Å². The number of carbonyl (C=O) groups is 2. The predicted octanol–water partition coefficient (Wildman–Crippen LogP) is 0.739. The molecule has 0 saturated heterocycles. The van der Waals surface area contributed by atoms with Gasteiger partial charge in [-0.1, -0.05) is 6.92 Å². The molecule has 0 fully saturated rings. The van der Waals surface area contributed by atoms with E-state index in [1.807, 2.05) is 0 Å². The van der Waals surface area contributed by atoms with Crippen LogP contribution >= 0.6 is 0 Å². The Hall–Kier alpha value is -2.02. The third-order valence-corrected chi connectivity index (χ3v) is 2.36. The molecule has 18 heavy (non-hydrogen) atoms. The second-order valence-electron chi connectivity index (χ2n) is 3.68. The molecule has 7 heteroatoms. The summed E-state index contributed by atoms with van der Waals surface area (Å²) in [7, 11) is 0. The van der Waals surface area contributed by atoms with Gasteiger partial charge in [-0.15, -0.1) is 0 Å². The van der Waals surface area contributed by atoms with Crippen LogP contribution < -0.4 is 16.8 Å². The Balaban J connectivity index is 3.06. The molecule has 0 saturated carbocycles. The third-order valence-electron chi connectivity index (χ3n) is 2.36. The lowest BCUT2D eigenvalue weighted by atomic mass is 10.1. The number of benzene rings is 1. The number of amides is 2. The fourth-order valence-corrected chi connectivity index (χ4v) is 1.24. The van der Waals surface area contributed by atoms with Gasteiger partial charge in [-0.05, 0) is 12.5 Å². The zero-order chi connectivity index (χ0) is 13.9. The van der Waals surface area contributed by atoms with Gasteiger partial charge in [-0.3, -0.25) is 9.59 Å². The molecule has 0 heterocycles. The summed E-state index contributed by atoms with van der Waals surface area (Å²) < 4.78 is 26.5. The van der Waals surface area contributed by atoms with E-state index in [1.54, 1.807) is 6.92 Å². The van der Waals surface area contributed by atoms with E-state index in [4.69, 9.17) is 11.5 Å². The largest absolute Gasteiger partial charge is 0.366 e. The van der Waals surface area contributed by atoms with Crippen LogP contribution in [0.25, 0.3) is 0 Å². The summed E-state index contributed by atoms with van der Waals surface area (Å²) in [6.45, 7) is 1.68. The molecule has 0 aliphatic heterocycles. The molecule has 1 rings (SSSR count). The molecule has 98 valence electrons. The fraction of sp³-hybridized carbons (Fsp3) is 0.273. The first-order chi connectivity index (χ1) is 8.36. The van der Waals surface area contributed by atoms with E-state index in [2.05, 4.69) is 5.32 Å². The minimum absolute atomic E-state index is 0.334. The first-order valence-corrected chi connectivity index (χ1v) is 5.22. The average Bonchev–Trinajstić information content (AvgIpc) is 2.30. The quantitative estimate of drug-likeness (QED) is 0.741. The van der Waals surface area contributed by atoms with Crippen molar-refractivity contribution >= 4 is 17.5 Å². The molecule has 5 nitrogen and oxygen atoms in total. The maximum atomic E-state index is 13.4. The van der Waals surface area contributed by atoms with Crippen molar-refractivity contribution in [1.29, 1.82) is 0 Å². The molecule has 0 spiro atoms. The molecule has 0 aromatic heterocycles. The van der Waals surface area contributed by atoms with E-state index in [-0.39, 0.29) is 5.69 Å². The highest BCUT2D eigenvalue weighted by molar-refractivity contribution is 5.98. The van der Waals surface area contributed by atoms with Crippen molar-refractivity contribution in [2.24, 2.45) is 11.5 Å². The summed E-state index contributed by atoms with van der Waals surface area (Å²) in [5, 5.41) is 2.17. The Morgan fingerprint density at radius 2 is 1.94 bits per heavy atom. The summed E-state index contributed by atoms with van der Waals surface area (Å²) in [6, 6.07) is 0.506. The third kappa shape index (κ3) is 3.01. The molecule has 1 unspecified atom stereocenters. The first kappa shape index (κ1) is 14.0. The van der Waals surface area contributed by atoms with Crippen LogP contribution in [0.2, 0.25) is 0 Å². The van der Waals surface area contributed by atoms with E-state index >= 15 is 0 Å². The number of hydrogen-bond donors (Lipinski definition) is 3. The van der Waals surface area contributed by atoms with Crippen LogP contribution in [-0.4, -0.2) is 17.9 Å². The highest BCUT2D eigenvalue weighted by atomic mass is 19.1. The number of carbonyl (C=O) groups excluding carboxylic acids is 2. The number of anilines is 1. The van der Waals surface area contributed by atoms with Gasteiger partial charge in [-0.2, -0.15) is 0 Å². The van der Waals surface area contributed by atoms with Gasteiger partial charge in [0.05, 0.1) is 17.3 Å². The average molecular weight is 257 g/mol. The normalized spacial score (nSPS) is 12.0. The Bertz CT molecular complexity index is 491. The summed E-state index contributed by atoms with van der Waals surface area (Å²) in [4.78, 5) is 22.3. The maximum absolute atomic E-state index is 13.4. The number of rotatable bonds is 4. The maximum Gasteiger partial charge on any atom is 0.251 e. The van der Waals surface area contributed by atoms with Gasteiger partial charge in [0, 0.05) is 6.07 Å². The molecule has 0 radical (unpaired) electrons. The second kappa shape index (κ2) is 5.54. The van der Waals surface area contributed by atoms with Gasteiger partial charge < -0.3 is 16.8 Å². The van der Waals surface area contributed by atoms with E-state index in [0.29, 0.717) is 12.5 Å². The molecule has 1 aromatic carbocycles. The van der Waals surface area contributed by atoms with Gasteiger partial charge in [0.15, 0.2) is 0 Å². The number of nitrogens with one attached hydrogen (secondary N) is 1. The van der Waals surface area contributed by atoms with Crippen molar-refractivity contribution in [3.8, 4) is 0 Å². The molecule has 2 amide bonds. The van der Waals surface area contributed by atoms with E-state index in [1.165, 1.54) is 0 Å². The highest BCUT2D eigenvalue weighted by Crippen LogP contribution is 2.19. The summed E-state index contributed by atoms with van der Waals surface area (Å²) >= 11 is 0. The van der Waals surface area contributed by atoms with Gasteiger partial charge in [0.25, 0.3) is 5.91 Å². The molecule has 1 atom stereocenters. The van der Waals surface area contributed by atoms with Gasteiger partial charge in [-0.25, -0.2) is 8.78 Å². The van der Waals surface area contributed by atoms with E-state index in [0.717, 1.165) is 6.07 Å². The molecule has 5 N–H and O–H groups in total. The van der Waals surface area contributed by atoms with Crippen LogP contribution in [0.1, 0.15) is 23.7 Å². The van der Waals surface area contributed by atoms with E-state index < -0.39 is 35.1 Å². The highest BCUT2D eigenvalue weighted by Gasteiger charge is 2.17. The number of primary amides is 1. The monoisotopic (exact) mass is 257 g/mol. The van der Waals surface area contributed by atoms with Crippen molar-refractivity contribution in [2.75, 3.05) is 5.32 Å². The number of hydrogen-bond acceptors (Lipinski definition) is 3. The van der Waals surface area contributed by atoms with E-state index in [9.17, 15) is 18.4 Å². The van der Waals surface area contributed by atoms with Crippen molar-refractivity contribution in [1.82, 2.24) is 0 Å².